The first-order chi connectivity index (χ1) is 6.22. The van der Waals surface area contributed by atoms with Crippen molar-refractivity contribution in [2.75, 3.05) is 0 Å². The Bertz CT molecular complexity index is 316. The number of allylic oxidation sites excluding steroid dienone is 5. The van der Waals surface area contributed by atoms with Crippen molar-refractivity contribution < 1.29 is 9.90 Å². The van der Waals surface area contributed by atoms with Gasteiger partial charge in [-0.05, 0) is 12.2 Å². The van der Waals surface area contributed by atoms with Crippen LogP contribution in [-0.4, -0.2) is 11.1 Å². The zero-order chi connectivity index (χ0) is 10.1. The van der Waals surface area contributed by atoms with Gasteiger partial charge in [-0.2, -0.15) is 5.26 Å². The van der Waals surface area contributed by atoms with Crippen LogP contribution in [0.15, 0.2) is 48.6 Å². The van der Waals surface area contributed by atoms with Gasteiger partial charge in [-0.15, -0.1) is 0 Å². The summed E-state index contributed by atoms with van der Waals surface area (Å²) in [5.74, 6) is -1.07. The van der Waals surface area contributed by atoms with E-state index in [0.717, 1.165) is 6.08 Å². The molecule has 0 aliphatic rings. The first kappa shape index (κ1) is 10.9. The molecule has 0 aromatic heterocycles. The fourth-order valence-electron chi connectivity index (χ4n) is 0.563. The summed E-state index contributed by atoms with van der Waals surface area (Å²) >= 11 is 0. The van der Waals surface area contributed by atoms with Crippen LogP contribution in [0.2, 0.25) is 0 Å². The van der Waals surface area contributed by atoms with Gasteiger partial charge < -0.3 is 5.11 Å². The Balaban J connectivity index is 4.62. The Kier molecular flexibility index (Phi) is 5.56. The lowest BCUT2D eigenvalue weighted by Crippen LogP contribution is -1.96. The van der Waals surface area contributed by atoms with E-state index in [1.54, 1.807) is 12.1 Å². The molecule has 0 aromatic carbocycles. The molecule has 0 fully saturated rings. The minimum absolute atomic E-state index is 0.0552. The van der Waals surface area contributed by atoms with E-state index in [4.69, 9.17) is 10.4 Å². The van der Waals surface area contributed by atoms with Crippen molar-refractivity contribution in [3.05, 3.63) is 48.6 Å². The van der Waals surface area contributed by atoms with Gasteiger partial charge in [0.05, 0.1) is 11.6 Å². The molecular formula is C10H9NO2. The quantitative estimate of drug-likeness (QED) is 0.402. The Morgan fingerprint density at radius 2 is 2.15 bits per heavy atom. The van der Waals surface area contributed by atoms with Gasteiger partial charge in [-0.1, -0.05) is 24.8 Å². The molecule has 3 heteroatoms. The number of hydrogen-bond acceptors (Lipinski definition) is 2. The number of nitriles is 1. The van der Waals surface area contributed by atoms with Gasteiger partial charge in [0.25, 0.3) is 0 Å². The molecule has 3 nitrogen and oxygen atoms in total. The molecular weight excluding hydrogens is 166 g/mol. The number of nitrogens with zero attached hydrogens (tertiary/aromatic N) is 1. The number of aliphatic carboxylic acids is 1. The van der Waals surface area contributed by atoms with Crippen LogP contribution in [0, 0.1) is 11.3 Å². The molecule has 1 N–H and O–H groups in total. The van der Waals surface area contributed by atoms with E-state index in [-0.39, 0.29) is 5.57 Å². The fourth-order valence-corrected chi connectivity index (χ4v) is 0.563. The Labute approximate surface area is 76.6 Å². The first-order valence-electron chi connectivity index (χ1n) is 3.51. The summed E-state index contributed by atoms with van der Waals surface area (Å²) in [6.45, 7) is 3.43. The van der Waals surface area contributed by atoms with E-state index in [9.17, 15) is 4.79 Å². The average molecular weight is 175 g/mol. The van der Waals surface area contributed by atoms with Gasteiger partial charge in [0.15, 0.2) is 0 Å². The molecule has 0 aromatic rings. The van der Waals surface area contributed by atoms with Gasteiger partial charge in [0, 0.05) is 6.08 Å². The topological polar surface area (TPSA) is 61.1 Å². The molecule has 0 rings (SSSR count). The second kappa shape index (κ2) is 6.62. The number of hydrogen-bond donors (Lipinski definition) is 1. The molecule has 0 saturated carbocycles. The molecule has 13 heavy (non-hydrogen) atoms. The van der Waals surface area contributed by atoms with Gasteiger partial charge >= 0.3 is 5.97 Å². The largest absolute Gasteiger partial charge is 0.478 e. The highest BCUT2D eigenvalue weighted by Gasteiger charge is 1.99. The summed E-state index contributed by atoms with van der Waals surface area (Å²) in [6.07, 6.45) is 8.40. The van der Waals surface area contributed by atoms with Crippen LogP contribution >= 0.6 is 0 Å². The highest BCUT2D eigenvalue weighted by atomic mass is 16.4. The molecule has 66 valence electrons. The molecule has 0 heterocycles. The predicted octanol–water partition coefficient (Wildman–Crippen LogP) is 1.82. The monoisotopic (exact) mass is 175 g/mol. The molecule has 0 bridgehead atoms. The van der Waals surface area contributed by atoms with E-state index in [0.29, 0.717) is 0 Å². The lowest BCUT2D eigenvalue weighted by molar-refractivity contribution is -0.132. The second-order valence-corrected chi connectivity index (χ2v) is 2.01. The van der Waals surface area contributed by atoms with Crippen molar-refractivity contribution in [2.24, 2.45) is 0 Å². The SMILES string of the molecule is C=CC=CC=C(C=CC#N)C(=O)O. The Hall–Kier alpha value is -2.08. The number of carboxylic acids is 1. The first-order valence-corrected chi connectivity index (χ1v) is 3.51. The number of carbonyl (C=O) groups is 1. The summed E-state index contributed by atoms with van der Waals surface area (Å²) in [7, 11) is 0. The fraction of sp³-hybridized carbons (Fsp3) is 0. The van der Waals surface area contributed by atoms with Gasteiger partial charge in [-0.25, -0.2) is 4.79 Å². The molecule has 0 unspecified atom stereocenters. The number of rotatable bonds is 4. The standard InChI is InChI=1S/C10H9NO2/c1-2-3-4-6-9(10(12)13)7-5-8-11/h2-7H,1H2,(H,12,13). The third kappa shape index (κ3) is 5.22. The maximum absolute atomic E-state index is 10.5. The van der Waals surface area contributed by atoms with Crippen molar-refractivity contribution in [1.82, 2.24) is 0 Å². The highest BCUT2D eigenvalue weighted by molar-refractivity contribution is 5.90. The Morgan fingerprint density at radius 1 is 1.46 bits per heavy atom. The summed E-state index contributed by atoms with van der Waals surface area (Å²) < 4.78 is 0. The highest BCUT2D eigenvalue weighted by Crippen LogP contribution is 1.97. The maximum atomic E-state index is 10.5. The predicted molar refractivity (Wildman–Crippen MR) is 49.8 cm³/mol. The van der Waals surface area contributed by atoms with Crippen molar-refractivity contribution >= 4 is 5.97 Å². The molecule has 0 amide bonds. The van der Waals surface area contributed by atoms with Crippen molar-refractivity contribution in [3.63, 3.8) is 0 Å². The minimum Gasteiger partial charge on any atom is -0.478 e. The zero-order valence-corrected chi connectivity index (χ0v) is 6.97. The molecule has 0 atom stereocenters. The smallest absolute Gasteiger partial charge is 0.335 e. The molecule has 0 saturated heterocycles. The van der Waals surface area contributed by atoms with Crippen molar-refractivity contribution in [1.29, 1.82) is 5.26 Å². The normalized spacial score (nSPS) is 11.8. The van der Waals surface area contributed by atoms with E-state index < -0.39 is 5.97 Å². The third-order valence-corrected chi connectivity index (χ3v) is 1.11. The van der Waals surface area contributed by atoms with Gasteiger partial charge in [0.2, 0.25) is 0 Å². The average Bonchev–Trinajstić information content (AvgIpc) is 2.10. The van der Waals surface area contributed by atoms with Gasteiger partial charge in [0.1, 0.15) is 0 Å². The van der Waals surface area contributed by atoms with Crippen LogP contribution in [0.4, 0.5) is 0 Å². The molecule has 0 spiro atoms. The van der Waals surface area contributed by atoms with E-state index in [1.165, 1.54) is 24.3 Å². The summed E-state index contributed by atoms with van der Waals surface area (Å²) in [5.41, 5.74) is 0.0552. The van der Waals surface area contributed by atoms with Crippen LogP contribution in [0.5, 0.6) is 0 Å². The summed E-state index contributed by atoms with van der Waals surface area (Å²) in [5, 5.41) is 16.8. The van der Waals surface area contributed by atoms with E-state index in [1.807, 2.05) is 0 Å². The van der Waals surface area contributed by atoms with Crippen LogP contribution in [0.1, 0.15) is 0 Å². The van der Waals surface area contributed by atoms with E-state index in [2.05, 4.69) is 6.58 Å². The molecule has 0 aliphatic heterocycles. The molecule has 0 aliphatic carbocycles. The van der Waals surface area contributed by atoms with Crippen LogP contribution < -0.4 is 0 Å². The number of carboxylic acid groups (broad SMARTS) is 1. The molecule has 0 radical (unpaired) electrons. The minimum atomic E-state index is -1.07. The maximum Gasteiger partial charge on any atom is 0.335 e. The Morgan fingerprint density at radius 3 is 2.62 bits per heavy atom. The zero-order valence-electron chi connectivity index (χ0n) is 6.97. The second-order valence-electron chi connectivity index (χ2n) is 2.01. The van der Waals surface area contributed by atoms with E-state index >= 15 is 0 Å². The van der Waals surface area contributed by atoms with Crippen molar-refractivity contribution in [2.45, 2.75) is 0 Å². The lowest BCUT2D eigenvalue weighted by atomic mass is 10.2. The van der Waals surface area contributed by atoms with Crippen LogP contribution in [0.3, 0.4) is 0 Å². The van der Waals surface area contributed by atoms with Crippen molar-refractivity contribution in [3.8, 4) is 6.07 Å². The van der Waals surface area contributed by atoms with Gasteiger partial charge in [-0.3, -0.25) is 0 Å². The van der Waals surface area contributed by atoms with Crippen LogP contribution in [0.25, 0.3) is 0 Å². The van der Waals surface area contributed by atoms with Crippen LogP contribution in [-0.2, 0) is 4.79 Å². The summed E-state index contributed by atoms with van der Waals surface area (Å²) in [6, 6.07) is 1.71. The lowest BCUT2D eigenvalue weighted by Gasteiger charge is -1.89. The third-order valence-electron chi connectivity index (χ3n) is 1.11. The summed E-state index contributed by atoms with van der Waals surface area (Å²) in [4.78, 5) is 10.5.